The molecule has 2 aromatic rings. The molecule has 4 rings (SSSR count). The highest BCUT2D eigenvalue weighted by Crippen LogP contribution is 2.32. The summed E-state index contributed by atoms with van der Waals surface area (Å²) in [7, 11) is 0. The SMILES string of the molecule is CCCN(CC(C)(C)O)C(=O)C1=Cc2ccc(-c3ccc(C(=O)N4CCCC4)cc3)cc2N=C(N)C1. The molecule has 7 heteroatoms. The summed E-state index contributed by atoms with van der Waals surface area (Å²) in [6.07, 6.45) is 5.04. The molecule has 0 saturated carbocycles. The molecule has 0 atom stereocenters. The number of aliphatic hydroxyl groups is 1. The van der Waals surface area contributed by atoms with Crippen molar-refractivity contribution in [1.82, 2.24) is 9.80 Å². The summed E-state index contributed by atoms with van der Waals surface area (Å²) < 4.78 is 0. The molecular formula is C29H36N4O3. The molecule has 2 aromatic carbocycles. The lowest BCUT2D eigenvalue weighted by atomic mass is 9.99. The van der Waals surface area contributed by atoms with Crippen molar-refractivity contribution in [3.63, 3.8) is 0 Å². The normalized spacial score (nSPS) is 15.6. The molecule has 7 nitrogen and oxygen atoms in total. The lowest BCUT2D eigenvalue weighted by molar-refractivity contribution is -0.130. The van der Waals surface area contributed by atoms with Crippen molar-refractivity contribution in [1.29, 1.82) is 0 Å². The van der Waals surface area contributed by atoms with Crippen molar-refractivity contribution >= 4 is 29.4 Å². The number of carbonyl (C=O) groups is 2. The van der Waals surface area contributed by atoms with E-state index in [1.165, 1.54) is 0 Å². The van der Waals surface area contributed by atoms with E-state index in [1.54, 1.807) is 18.7 Å². The monoisotopic (exact) mass is 488 g/mol. The molecule has 1 saturated heterocycles. The fourth-order valence-corrected chi connectivity index (χ4v) is 4.81. The number of amides is 2. The fourth-order valence-electron chi connectivity index (χ4n) is 4.81. The van der Waals surface area contributed by atoms with Gasteiger partial charge in [-0.1, -0.05) is 31.2 Å². The molecule has 0 aromatic heterocycles. The highest BCUT2D eigenvalue weighted by molar-refractivity contribution is 6.05. The number of fused-ring (bicyclic) bond motifs is 1. The molecule has 190 valence electrons. The third kappa shape index (κ3) is 6.02. The van der Waals surface area contributed by atoms with E-state index < -0.39 is 5.60 Å². The Bertz CT molecular complexity index is 1190. The van der Waals surface area contributed by atoms with Gasteiger partial charge in [-0.3, -0.25) is 9.59 Å². The first kappa shape index (κ1) is 25.6. The molecule has 0 aliphatic carbocycles. The Morgan fingerprint density at radius 3 is 2.39 bits per heavy atom. The zero-order valence-corrected chi connectivity index (χ0v) is 21.5. The van der Waals surface area contributed by atoms with Gasteiger partial charge < -0.3 is 20.6 Å². The van der Waals surface area contributed by atoms with E-state index >= 15 is 0 Å². The summed E-state index contributed by atoms with van der Waals surface area (Å²) in [4.78, 5) is 34.2. The second kappa shape index (κ2) is 10.7. The van der Waals surface area contributed by atoms with E-state index in [9.17, 15) is 14.7 Å². The molecule has 0 radical (unpaired) electrons. The number of benzene rings is 2. The van der Waals surface area contributed by atoms with Crippen LogP contribution in [0.4, 0.5) is 5.69 Å². The standard InChI is InChI=1S/C29H36N4O3/c1-4-13-33(19-29(2,3)36)28(35)24-16-23-12-11-22(17-25(23)31-26(30)18-24)20-7-9-21(10-8-20)27(34)32-14-5-6-15-32/h7-12,16-17,36H,4-6,13-15,18-19H2,1-3H3,(H2,30,31). The molecule has 2 aliphatic heterocycles. The Balaban J connectivity index is 1.59. The van der Waals surface area contributed by atoms with Gasteiger partial charge in [0, 0.05) is 49.3 Å². The van der Waals surface area contributed by atoms with Crippen LogP contribution in [0.3, 0.4) is 0 Å². The third-order valence-corrected chi connectivity index (χ3v) is 6.49. The Kier molecular flexibility index (Phi) is 7.59. The van der Waals surface area contributed by atoms with Crippen molar-refractivity contribution in [2.45, 2.75) is 52.1 Å². The van der Waals surface area contributed by atoms with E-state index in [0.29, 0.717) is 29.2 Å². The molecule has 36 heavy (non-hydrogen) atoms. The second-order valence-corrected chi connectivity index (χ2v) is 10.3. The number of nitrogens with zero attached hydrogens (tertiary/aromatic N) is 3. The van der Waals surface area contributed by atoms with E-state index in [4.69, 9.17) is 5.73 Å². The van der Waals surface area contributed by atoms with Gasteiger partial charge in [0.15, 0.2) is 0 Å². The number of aliphatic imine (C=N–C) groups is 1. The quantitative estimate of drug-likeness (QED) is 0.604. The largest absolute Gasteiger partial charge is 0.389 e. The maximum absolute atomic E-state index is 13.3. The predicted molar refractivity (Wildman–Crippen MR) is 144 cm³/mol. The first-order valence-electron chi connectivity index (χ1n) is 12.7. The molecule has 1 fully saturated rings. The molecule has 0 bridgehead atoms. The van der Waals surface area contributed by atoms with Crippen LogP contribution in [0.15, 0.2) is 53.0 Å². The second-order valence-electron chi connectivity index (χ2n) is 10.3. The van der Waals surface area contributed by atoms with Gasteiger partial charge >= 0.3 is 0 Å². The highest BCUT2D eigenvalue weighted by atomic mass is 16.3. The van der Waals surface area contributed by atoms with Crippen LogP contribution in [-0.4, -0.2) is 64.3 Å². The van der Waals surface area contributed by atoms with Crippen LogP contribution >= 0.6 is 0 Å². The summed E-state index contributed by atoms with van der Waals surface area (Å²) in [6, 6.07) is 13.6. The number of hydrogen-bond acceptors (Lipinski definition) is 5. The van der Waals surface area contributed by atoms with Crippen LogP contribution in [0.5, 0.6) is 0 Å². The number of likely N-dealkylation sites (tertiary alicyclic amines) is 1. The lowest BCUT2D eigenvalue weighted by Crippen LogP contribution is -2.43. The zero-order chi connectivity index (χ0) is 25.9. The number of hydrogen-bond donors (Lipinski definition) is 2. The first-order chi connectivity index (χ1) is 17.1. The highest BCUT2D eigenvalue weighted by Gasteiger charge is 2.26. The fraction of sp³-hybridized carbons (Fsp3) is 0.414. The molecule has 0 spiro atoms. The van der Waals surface area contributed by atoms with Crippen molar-refractivity contribution in [2.24, 2.45) is 10.7 Å². The smallest absolute Gasteiger partial charge is 0.253 e. The van der Waals surface area contributed by atoms with Gasteiger partial charge in [0.2, 0.25) is 5.91 Å². The lowest BCUT2D eigenvalue weighted by Gasteiger charge is -2.29. The average Bonchev–Trinajstić information content (AvgIpc) is 3.32. The Hall–Kier alpha value is -3.45. The van der Waals surface area contributed by atoms with Gasteiger partial charge in [0.05, 0.1) is 11.3 Å². The van der Waals surface area contributed by atoms with Gasteiger partial charge in [-0.25, -0.2) is 4.99 Å². The molecular weight excluding hydrogens is 452 g/mol. The molecule has 3 N–H and O–H groups in total. The van der Waals surface area contributed by atoms with Crippen molar-refractivity contribution in [3.8, 4) is 11.1 Å². The summed E-state index contributed by atoms with van der Waals surface area (Å²) in [5.41, 5.74) is 9.97. The van der Waals surface area contributed by atoms with Crippen molar-refractivity contribution in [2.75, 3.05) is 26.2 Å². The van der Waals surface area contributed by atoms with E-state index in [0.717, 1.165) is 49.0 Å². The topological polar surface area (TPSA) is 99.2 Å². The van der Waals surface area contributed by atoms with Crippen LogP contribution < -0.4 is 5.73 Å². The Morgan fingerprint density at radius 1 is 1.08 bits per heavy atom. The number of rotatable bonds is 7. The summed E-state index contributed by atoms with van der Waals surface area (Å²) in [6.45, 7) is 7.87. The molecule has 0 unspecified atom stereocenters. The van der Waals surface area contributed by atoms with Crippen molar-refractivity contribution < 1.29 is 14.7 Å². The van der Waals surface area contributed by atoms with Crippen LogP contribution in [0, 0.1) is 0 Å². The van der Waals surface area contributed by atoms with Crippen molar-refractivity contribution in [3.05, 3.63) is 59.2 Å². The van der Waals surface area contributed by atoms with E-state index in [-0.39, 0.29) is 24.8 Å². The maximum atomic E-state index is 13.3. The maximum Gasteiger partial charge on any atom is 0.253 e. The van der Waals surface area contributed by atoms with Gasteiger partial charge in [-0.15, -0.1) is 0 Å². The average molecular weight is 489 g/mol. The van der Waals surface area contributed by atoms with Crippen LogP contribution in [0.25, 0.3) is 17.2 Å². The summed E-state index contributed by atoms with van der Waals surface area (Å²) in [5, 5.41) is 10.3. The van der Waals surface area contributed by atoms with Crippen LogP contribution in [0.1, 0.15) is 62.4 Å². The summed E-state index contributed by atoms with van der Waals surface area (Å²) in [5.74, 6) is 0.325. The minimum absolute atomic E-state index is 0.0855. The van der Waals surface area contributed by atoms with Crippen LogP contribution in [-0.2, 0) is 4.79 Å². The minimum Gasteiger partial charge on any atom is -0.389 e. The Morgan fingerprint density at radius 2 is 1.75 bits per heavy atom. The van der Waals surface area contributed by atoms with Crippen LogP contribution in [0.2, 0.25) is 0 Å². The number of amidine groups is 1. The summed E-state index contributed by atoms with van der Waals surface area (Å²) >= 11 is 0. The first-order valence-corrected chi connectivity index (χ1v) is 12.7. The molecule has 2 heterocycles. The molecule has 2 aliphatic rings. The zero-order valence-electron chi connectivity index (χ0n) is 21.5. The van der Waals surface area contributed by atoms with Gasteiger partial charge in [0.1, 0.15) is 5.84 Å². The van der Waals surface area contributed by atoms with E-state index in [2.05, 4.69) is 4.99 Å². The number of carbonyl (C=O) groups excluding carboxylic acids is 2. The van der Waals surface area contributed by atoms with E-state index in [1.807, 2.05) is 60.4 Å². The predicted octanol–water partition coefficient (Wildman–Crippen LogP) is 4.37. The van der Waals surface area contributed by atoms with Gasteiger partial charge in [0.25, 0.3) is 5.91 Å². The third-order valence-electron chi connectivity index (χ3n) is 6.49. The minimum atomic E-state index is -0.989. The Labute approximate surface area is 213 Å². The van der Waals surface area contributed by atoms with Gasteiger partial charge in [-0.05, 0) is 68.5 Å². The van der Waals surface area contributed by atoms with Gasteiger partial charge in [-0.2, -0.15) is 0 Å². The molecule has 2 amide bonds. The number of nitrogens with two attached hydrogens (primary N) is 1.